The summed E-state index contributed by atoms with van der Waals surface area (Å²) in [6.07, 6.45) is 0. The van der Waals surface area contributed by atoms with E-state index in [0.717, 1.165) is 55.4 Å². The van der Waals surface area contributed by atoms with Crippen molar-refractivity contribution in [2.45, 2.75) is 6.54 Å². The number of carbonyl (C=O) groups excluding carboxylic acids is 1. The summed E-state index contributed by atoms with van der Waals surface area (Å²) in [4.78, 5) is 15.6. The SMILES string of the molecule is COc1cc2c(cc1OC)C(=C(Nc1ccc(CN3CCOCC3)cc1)c1ccccc1)C(=O)N2. The summed E-state index contributed by atoms with van der Waals surface area (Å²) in [6, 6.07) is 21.9. The first-order valence-corrected chi connectivity index (χ1v) is 11.7. The number of fused-ring (bicyclic) bond motifs is 1. The third-order valence-corrected chi connectivity index (χ3v) is 6.31. The molecule has 3 aromatic rings. The lowest BCUT2D eigenvalue weighted by Gasteiger charge is -2.26. The van der Waals surface area contributed by atoms with E-state index in [1.807, 2.05) is 36.4 Å². The van der Waals surface area contributed by atoms with Gasteiger partial charge in [0.15, 0.2) is 11.5 Å². The average molecular weight is 472 g/mol. The normalized spacial score (nSPS) is 16.9. The predicted molar refractivity (Wildman–Crippen MR) is 138 cm³/mol. The molecule has 0 aromatic heterocycles. The van der Waals surface area contributed by atoms with Gasteiger partial charge in [-0.3, -0.25) is 9.69 Å². The molecule has 7 heteroatoms. The Bertz CT molecular complexity index is 1230. The number of methoxy groups -OCH3 is 2. The standard InChI is InChI=1S/C28H29N3O4/c1-33-24-16-22-23(17-25(24)34-2)30-28(32)26(22)27(20-6-4-3-5-7-20)29-21-10-8-19(9-11-21)18-31-12-14-35-15-13-31/h3-11,16-17,29H,12-15,18H2,1-2H3,(H,30,32). The van der Waals surface area contributed by atoms with E-state index in [1.165, 1.54) is 5.56 Å². The van der Waals surface area contributed by atoms with Gasteiger partial charge in [-0.15, -0.1) is 0 Å². The molecule has 180 valence electrons. The Balaban J connectivity index is 1.51. The van der Waals surface area contributed by atoms with Gasteiger partial charge >= 0.3 is 0 Å². The monoisotopic (exact) mass is 471 g/mol. The van der Waals surface area contributed by atoms with Gasteiger partial charge in [0.1, 0.15) is 0 Å². The van der Waals surface area contributed by atoms with Crippen molar-refractivity contribution in [2.24, 2.45) is 0 Å². The van der Waals surface area contributed by atoms with Crippen LogP contribution in [0.2, 0.25) is 0 Å². The summed E-state index contributed by atoms with van der Waals surface area (Å²) < 4.78 is 16.4. The van der Waals surface area contributed by atoms with E-state index in [-0.39, 0.29) is 5.91 Å². The van der Waals surface area contributed by atoms with Gasteiger partial charge in [-0.2, -0.15) is 0 Å². The van der Waals surface area contributed by atoms with Gasteiger partial charge < -0.3 is 24.8 Å². The molecule has 7 nitrogen and oxygen atoms in total. The molecule has 0 bridgehead atoms. The summed E-state index contributed by atoms with van der Waals surface area (Å²) in [5.41, 5.74) is 5.81. The summed E-state index contributed by atoms with van der Waals surface area (Å²) in [7, 11) is 3.17. The summed E-state index contributed by atoms with van der Waals surface area (Å²) in [5, 5.41) is 6.49. The van der Waals surface area contributed by atoms with Crippen LogP contribution < -0.4 is 20.1 Å². The van der Waals surface area contributed by atoms with Crippen LogP contribution in [0.4, 0.5) is 11.4 Å². The summed E-state index contributed by atoms with van der Waals surface area (Å²) in [5.74, 6) is 0.962. The van der Waals surface area contributed by atoms with E-state index >= 15 is 0 Å². The van der Waals surface area contributed by atoms with Crippen molar-refractivity contribution in [1.82, 2.24) is 4.90 Å². The predicted octanol–water partition coefficient (Wildman–Crippen LogP) is 4.47. The zero-order chi connectivity index (χ0) is 24.2. The molecule has 0 spiro atoms. The second-order valence-corrected chi connectivity index (χ2v) is 8.53. The number of nitrogens with one attached hydrogen (secondary N) is 2. The molecule has 0 aliphatic carbocycles. The highest BCUT2D eigenvalue weighted by atomic mass is 16.5. The number of nitrogens with zero attached hydrogens (tertiary/aromatic N) is 1. The molecule has 2 aliphatic heterocycles. The number of amides is 1. The smallest absolute Gasteiger partial charge is 0.258 e. The molecular weight excluding hydrogens is 442 g/mol. The first-order valence-electron chi connectivity index (χ1n) is 11.7. The van der Waals surface area contributed by atoms with Crippen LogP contribution in [0.3, 0.4) is 0 Å². The number of benzene rings is 3. The Kier molecular flexibility index (Phi) is 6.70. The molecule has 0 saturated carbocycles. The van der Waals surface area contributed by atoms with E-state index in [1.54, 1.807) is 20.3 Å². The molecule has 0 radical (unpaired) electrons. The fraction of sp³-hybridized carbons (Fsp3) is 0.250. The number of carbonyl (C=O) groups is 1. The fourth-order valence-corrected chi connectivity index (χ4v) is 4.48. The van der Waals surface area contributed by atoms with Crippen LogP contribution in [-0.2, 0) is 16.1 Å². The molecule has 35 heavy (non-hydrogen) atoms. The van der Waals surface area contributed by atoms with E-state index < -0.39 is 0 Å². The van der Waals surface area contributed by atoms with Gasteiger partial charge in [0.25, 0.3) is 5.91 Å². The zero-order valence-electron chi connectivity index (χ0n) is 20.0. The van der Waals surface area contributed by atoms with Gasteiger partial charge in [0.2, 0.25) is 0 Å². The second-order valence-electron chi connectivity index (χ2n) is 8.53. The largest absolute Gasteiger partial charge is 0.493 e. The van der Waals surface area contributed by atoms with Crippen LogP contribution in [0, 0.1) is 0 Å². The van der Waals surface area contributed by atoms with Crippen molar-refractivity contribution >= 4 is 28.6 Å². The molecule has 2 aliphatic rings. The molecule has 2 N–H and O–H groups in total. The average Bonchev–Trinajstić information content (AvgIpc) is 3.22. The highest BCUT2D eigenvalue weighted by molar-refractivity contribution is 6.37. The van der Waals surface area contributed by atoms with E-state index in [9.17, 15) is 4.79 Å². The van der Waals surface area contributed by atoms with Gasteiger partial charge in [0.05, 0.1) is 44.4 Å². The lowest BCUT2D eigenvalue weighted by Crippen LogP contribution is -2.35. The number of hydrogen-bond acceptors (Lipinski definition) is 6. The molecule has 3 aromatic carbocycles. The minimum atomic E-state index is -0.175. The molecule has 5 rings (SSSR count). The topological polar surface area (TPSA) is 72.1 Å². The molecule has 2 heterocycles. The number of anilines is 2. The number of morpholine rings is 1. The van der Waals surface area contributed by atoms with E-state index in [2.05, 4.69) is 39.8 Å². The van der Waals surface area contributed by atoms with Crippen molar-refractivity contribution in [3.8, 4) is 11.5 Å². The Morgan fingerprint density at radius 2 is 1.66 bits per heavy atom. The molecule has 1 saturated heterocycles. The van der Waals surface area contributed by atoms with Crippen LogP contribution in [0.15, 0.2) is 66.7 Å². The number of ether oxygens (including phenoxy) is 3. The lowest BCUT2D eigenvalue weighted by atomic mass is 9.99. The molecule has 1 fully saturated rings. The Morgan fingerprint density at radius 3 is 2.34 bits per heavy atom. The molecule has 0 unspecified atom stereocenters. The van der Waals surface area contributed by atoms with Crippen molar-refractivity contribution < 1.29 is 19.0 Å². The maximum Gasteiger partial charge on any atom is 0.258 e. The van der Waals surface area contributed by atoms with Gasteiger partial charge in [-0.25, -0.2) is 0 Å². The number of hydrogen-bond donors (Lipinski definition) is 2. The van der Waals surface area contributed by atoms with Crippen LogP contribution in [0.5, 0.6) is 11.5 Å². The molecule has 1 amide bonds. The highest BCUT2D eigenvalue weighted by Crippen LogP contribution is 2.43. The van der Waals surface area contributed by atoms with Crippen molar-refractivity contribution in [1.29, 1.82) is 0 Å². The van der Waals surface area contributed by atoms with Gasteiger partial charge in [-0.05, 0) is 29.3 Å². The third kappa shape index (κ3) is 4.87. The number of rotatable bonds is 7. The minimum absolute atomic E-state index is 0.175. The van der Waals surface area contributed by atoms with Crippen LogP contribution in [0.25, 0.3) is 11.3 Å². The van der Waals surface area contributed by atoms with Gasteiger partial charge in [0, 0.05) is 37.0 Å². The third-order valence-electron chi connectivity index (χ3n) is 6.31. The Labute approximate surface area is 205 Å². The maximum absolute atomic E-state index is 13.2. The van der Waals surface area contributed by atoms with E-state index in [0.29, 0.717) is 22.8 Å². The van der Waals surface area contributed by atoms with Crippen LogP contribution in [-0.4, -0.2) is 51.3 Å². The highest BCUT2D eigenvalue weighted by Gasteiger charge is 2.30. The van der Waals surface area contributed by atoms with Crippen LogP contribution in [0.1, 0.15) is 16.7 Å². The molecular formula is C28H29N3O4. The first kappa shape index (κ1) is 23.0. The molecule has 0 atom stereocenters. The van der Waals surface area contributed by atoms with Crippen molar-refractivity contribution in [3.63, 3.8) is 0 Å². The minimum Gasteiger partial charge on any atom is -0.493 e. The summed E-state index contributed by atoms with van der Waals surface area (Å²) in [6.45, 7) is 4.37. The fourth-order valence-electron chi connectivity index (χ4n) is 4.48. The first-order chi connectivity index (χ1) is 17.2. The zero-order valence-corrected chi connectivity index (χ0v) is 20.0. The van der Waals surface area contributed by atoms with Crippen molar-refractivity contribution in [3.05, 3.63) is 83.4 Å². The second kappa shape index (κ2) is 10.2. The maximum atomic E-state index is 13.2. The van der Waals surface area contributed by atoms with E-state index in [4.69, 9.17) is 14.2 Å². The van der Waals surface area contributed by atoms with Crippen molar-refractivity contribution in [2.75, 3.05) is 51.2 Å². The quantitative estimate of drug-likeness (QED) is 0.496. The van der Waals surface area contributed by atoms with Gasteiger partial charge in [-0.1, -0.05) is 42.5 Å². The Hall–Kier alpha value is -3.81. The Morgan fingerprint density at radius 1 is 0.971 bits per heavy atom. The lowest BCUT2D eigenvalue weighted by molar-refractivity contribution is -0.110. The summed E-state index contributed by atoms with van der Waals surface area (Å²) >= 11 is 0. The van der Waals surface area contributed by atoms with Crippen LogP contribution >= 0.6 is 0 Å².